The van der Waals surface area contributed by atoms with Gasteiger partial charge in [-0.1, -0.05) is 62.0 Å². The Kier molecular flexibility index (Phi) is 7.19. The zero-order valence-corrected chi connectivity index (χ0v) is 21.2. The second-order valence-corrected chi connectivity index (χ2v) is 9.85. The molecule has 0 radical (unpaired) electrons. The van der Waals surface area contributed by atoms with E-state index in [1.54, 1.807) is 12.3 Å². The fraction of sp³-hybridized carbons (Fsp3) is 0.323. The molecule has 5 rings (SSSR count). The molecule has 1 N–H and O–H groups in total. The fourth-order valence-corrected chi connectivity index (χ4v) is 5.82. The number of aromatic nitrogens is 1. The number of hydrogen-bond acceptors (Lipinski definition) is 4. The molecule has 1 spiro atoms. The first kappa shape index (κ1) is 24.9. The summed E-state index contributed by atoms with van der Waals surface area (Å²) in [5.74, 6) is 0.0443. The number of pyridine rings is 1. The molecule has 1 saturated heterocycles. The molecule has 1 fully saturated rings. The van der Waals surface area contributed by atoms with Crippen LogP contribution in [0.2, 0.25) is 0 Å². The fourth-order valence-electron chi connectivity index (χ4n) is 5.82. The van der Waals surface area contributed by atoms with Crippen LogP contribution in [0.1, 0.15) is 64.8 Å². The second-order valence-electron chi connectivity index (χ2n) is 9.85. The third-order valence-electron chi connectivity index (χ3n) is 7.81. The van der Waals surface area contributed by atoms with Crippen LogP contribution in [-0.2, 0) is 21.6 Å². The Morgan fingerprint density at radius 3 is 2.54 bits per heavy atom. The highest BCUT2D eigenvalue weighted by molar-refractivity contribution is 5.94. The molecular formula is C31H33N3O3. The number of hydrogen-bond donors (Lipinski definition) is 1. The lowest BCUT2D eigenvalue weighted by Crippen LogP contribution is -2.52. The average molecular weight is 496 g/mol. The summed E-state index contributed by atoms with van der Waals surface area (Å²) >= 11 is 0. The molecule has 2 heterocycles. The summed E-state index contributed by atoms with van der Waals surface area (Å²) in [6.45, 7) is 7.31. The van der Waals surface area contributed by atoms with Crippen molar-refractivity contribution in [2.45, 2.75) is 50.4 Å². The van der Waals surface area contributed by atoms with Gasteiger partial charge in [-0.05, 0) is 53.3 Å². The van der Waals surface area contributed by atoms with Gasteiger partial charge in [-0.15, -0.1) is 0 Å². The van der Waals surface area contributed by atoms with Crippen LogP contribution in [0, 0.1) is 0 Å². The van der Waals surface area contributed by atoms with Gasteiger partial charge < -0.3 is 15.0 Å². The molecule has 2 aliphatic rings. The highest BCUT2D eigenvalue weighted by atomic mass is 16.5. The van der Waals surface area contributed by atoms with Crippen molar-refractivity contribution in [3.05, 3.63) is 107 Å². The molecule has 0 saturated carbocycles. The number of amides is 2. The van der Waals surface area contributed by atoms with Gasteiger partial charge in [0, 0.05) is 42.9 Å². The smallest absolute Gasteiger partial charge is 0.253 e. The molecule has 2 aromatic carbocycles. The van der Waals surface area contributed by atoms with Gasteiger partial charge in [0.25, 0.3) is 5.91 Å². The Hall–Kier alpha value is -3.77. The van der Waals surface area contributed by atoms with Crippen LogP contribution in [0.3, 0.4) is 0 Å². The average Bonchev–Trinajstić information content (AvgIpc) is 3.20. The summed E-state index contributed by atoms with van der Waals surface area (Å²) in [5.41, 5.74) is 4.70. The third kappa shape index (κ3) is 4.81. The zero-order chi connectivity index (χ0) is 25.8. The van der Waals surface area contributed by atoms with Crippen LogP contribution in [-0.4, -0.2) is 40.9 Å². The third-order valence-corrected chi connectivity index (χ3v) is 7.81. The Balaban J connectivity index is 1.42. The first-order chi connectivity index (χ1) is 18.1. The van der Waals surface area contributed by atoms with Crippen LogP contribution in [0.4, 0.5) is 0 Å². The maximum atomic E-state index is 13.3. The molecule has 3 aromatic rings. The van der Waals surface area contributed by atoms with Crippen molar-refractivity contribution in [2.75, 3.05) is 13.1 Å². The van der Waals surface area contributed by atoms with Crippen LogP contribution < -0.4 is 5.32 Å². The van der Waals surface area contributed by atoms with E-state index in [0.29, 0.717) is 31.7 Å². The van der Waals surface area contributed by atoms with Crippen molar-refractivity contribution in [3.63, 3.8) is 0 Å². The minimum absolute atomic E-state index is 0.00224. The van der Waals surface area contributed by atoms with Gasteiger partial charge in [-0.3, -0.25) is 14.6 Å². The van der Waals surface area contributed by atoms with Crippen LogP contribution >= 0.6 is 0 Å². The van der Waals surface area contributed by atoms with Gasteiger partial charge >= 0.3 is 0 Å². The van der Waals surface area contributed by atoms with Gasteiger partial charge in [-0.25, -0.2) is 0 Å². The van der Waals surface area contributed by atoms with E-state index in [2.05, 4.69) is 35.1 Å². The molecule has 0 bridgehead atoms. The summed E-state index contributed by atoms with van der Waals surface area (Å²) in [5, 5.41) is 3.25. The molecule has 2 atom stereocenters. The Morgan fingerprint density at radius 2 is 1.86 bits per heavy atom. The highest BCUT2D eigenvalue weighted by Gasteiger charge is 2.54. The predicted molar refractivity (Wildman–Crippen MR) is 144 cm³/mol. The number of ether oxygens (including phenoxy) is 1. The number of likely N-dealkylation sites (tertiary alicyclic amines) is 1. The summed E-state index contributed by atoms with van der Waals surface area (Å²) in [4.78, 5) is 32.0. The first-order valence-corrected chi connectivity index (χ1v) is 13.0. The minimum Gasteiger partial charge on any atom is -0.370 e. The lowest BCUT2D eigenvalue weighted by molar-refractivity contribution is -0.123. The lowest BCUT2D eigenvalue weighted by atomic mass is 9.71. The zero-order valence-electron chi connectivity index (χ0n) is 21.2. The quantitative estimate of drug-likeness (QED) is 0.497. The monoisotopic (exact) mass is 495 g/mol. The Morgan fingerprint density at radius 1 is 1.11 bits per heavy atom. The van der Waals surface area contributed by atoms with E-state index >= 15 is 0 Å². The number of nitrogens with zero attached hydrogens (tertiary/aromatic N) is 2. The first-order valence-electron chi connectivity index (χ1n) is 13.0. The van der Waals surface area contributed by atoms with E-state index < -0.39 is 0 Å². The van der Waals surface area contributed by atoms with Gasteiger partial charge in [0.1, 0.15) is 0 Å². The van der Waals surface area contributed by atoms with Crippen molar-refractivity contribution in [2.24, 2.45) is 0 Å². The summed E-state index contributed by atoms with van der Waals surface area (Å²) in [6, 6.07) is 19.6. The van der Waals surface area contributed by atoms with E-state index in [1.807, 2.05) is 60.5 Å². The number of rotatable bonds is 7. The van der Waals surface area contributed by atoms with Crippen molar-refractivity contribution < 1.29 is 14.3 Å². The highest BCUT2D eigenvalue weighted by Crippen LogP contribution is 2.52. The van der Waals surface area contributed by atoms with E-state index in [9.17, 15) is 9.59 Å². The van der Waals surface area contributed by atoms with Crippen LogP contribution in [0.25, 0.3) is 6.08 Å². The summed E-state index contributed by atoms with van der Waals surface area (Å²) < 4.78 is 6.66. The van der Waals surface area contributed by atoms with Crippen molar-refractivity contribution in [1.82, 2.24) is 15.2 Å². The number of nitrogens with one attached hydrogen (secondary N) is 1. The number of piperidine rings is 1. The van der Waals surface area contributed by atoms with E-state index in [1.165, 1.54) is 5.56 Å². The molecule has 190 valence electrons. The predicted octanol–water partition coefficient (Wildman–Crippen LogP) is 5.06. The van der Waals surface area contributed by atoms with Crippen molar-refractivity contribution in [1.29, 1.82) is 0 Å². The summed E-state index contributed by atoms with van der Waals surface area (Å²) in [6.07, 6.45) is 7.02. The van der Waals surface area contributed by atoms with Crippen LogP contribution in [0.5, 0.6) is 0 Å². The number of benzene rings is 2. The Bertz CT molecular complexity index is 1260. The molecule has 6 nitrogen and oxygen atoms in total. The number of fused-ring (bicyclic) bond motifs is 2. The maximum Gasteiger partial charge on any atom is 0.253 e. The molecule has 1 aromatic heterocycles. The van der Waals surface area contributed by atoms with Crippen molar-refractivity contribution >= 4 is 17.9 Å². The summed E-state index contributed by atoms with van der Waals surface area (Å²) in [7, 11) is 0. The molecule has 1 aliphatic heterocycles. The molecule has 1 aliphatic carbocycles. The number of carbonyl (C=O) groups is 2. The largest absolute Gasteiger partial charge is 0.370 e. The minimum atomic E-state index is -0.298. The Labute approximate surface area is 218 Å². The van der Waals surface area contributed by atoms with E-state index in [4.69, 9.17) is 4.74 Å². The van der Waals surface area contributed by atoms with Gasteiger partial charge in [0.05, 0.1) is 18.8 Å². The second kappa shape index (κ2) is 10.7. The molecule has 2 amide bonds. The van der Waals surface area contributed by atoms with Gasteiger partial charge in [0.15, 0.2) is 0 Å². The van der Waals surface area contributed by atoms with E-state index in [0.717, 1.165) is 29.5 Å². The standard InChI is InChI=1S/C31H33N3O3/c1-3-22-11-13-24(14-12-22)30(36)34-18-15-31(16-19-34)26-10-6-5-9-25(26)28(33-27(35)4-2)29(31)37-21-23-8-7-17-32-20-23/h3,5-14,17,20,28-29H,1,4,15-16,18-19,21H2,2H3,(H,33,35)/t28-,29+/m0/s1. The van der Waals surface area contributed by atoms with Crippen LogP contribution in [0.15, 0.2) is 79.6 Å². The van der Waals surface area contributed by atoms with Gasteiger partial charge in [-0.2, -0.15) is 0 Å². The number of carbonyl (C=O) groups excluding carboxylic acids is 2. The molecule has 6 heteroatoms. The molecular weight excluding hydrogens is 462 g/mol. The maximum absolute atomic E-state index is 13.3. The van der Waals surface area contributed by atoms with Gasteiger partial charge in [0.2, 0.25) is 5.91 Å². The molecule has 37 heavy (non-hydrogen) atoms. The topological polar surface area (TPSA) is 71.5 Å². The SMILES string of the molecule is C=Cc1ccc(C(=O)N2CCC3(CC2)c2ccccc2[C@H](NC(=O)CC)[C@H]3OCc2cccnc2)cc1. The molecule has 0 unspecified atom stereocenters. The lowest BCUT2D eigenvalue weighted by Gasteiger charge is -2.44. The normalized spacial score (nSPS) is 19.9. The van der Waals surface area contributed by atoms with E-state index in [-0.39, 0.29) is 29.4 Å². The van der Waals surface area contributed by atoms with Crippen molar-refractivity contribution in [3.8, 4) is 0 Å².